The van der Waals surface area contributed by atoms with E-state index in [-0.39, 0.29) is 6.03 Å². The monoisotopic (exact) mass is 330 g/mol. The van der Waals surface area contributed by atoms with Gasteiger partial charge < -0.3 is 19.4 Å². The van der Waals surface area contributed by atoms with Gasteiger partial charge in [0.25, 0.3) is 0 Å². The molecule has 2 aromatic rings. The molecule has 2 aromatic heterocycles. The molecule has 1 N–H and O–H groups in total. The third-order valence-electron chi connectivity index (χ3n) is 4.07. The van der Waals surface area contributed by atoms with Crippen molar-refractivity contribution in [2.45, 2.75) is 13.1 Å². The Labute approximate surface area is 141 Å². The molecule has 3 rings (SSSR count). The minimum atomic E-state index is -0.0385. The van der Waals surface area contributed by atoms with E-state index in [9.17, 15) is 4.79 Å². The zero-order chi connectivity index (χ0) is 16.8. The number of amides is 2. The molecule has 0 saturated carbocycles. The number of furan rings is 1. The molecule has 1 fully saturated rings. The Morgan fingerprint density at radius 3 is 2.88 bits per heavy atom. The average molecular weight is 330 g/mol. The number of hydrogen-bond donors (Lipinski definition) is 1. The maximum absolute atomic E-state index is 12.3. The van der Waals surface area contributed by atoms with Gasteiger partial charge in [-0.2, -0.15) is 0 Å². The molecule has 0 aliphatic carbocycles. The molecule has 7 nitrogen and oxygen atoms in total. The van der Waals surface area contributed by atoms with Crippen molar-refractivity contribution in [3.8, 4) is 5.88 Å². The van der Waals surface area contributed by atoms with Gasteiger partial charge in [-0.25, -0.2) is 9.78 Å². The summed E-state index contributed by atoms with van der Waals surface area (Å²) in [5.41, 5.74) is 0.964. The smallest absolute Gasteiger partial charge is 0.317 e. The van der Waals surface area contributed by atoms with Gasteiger partial charge in [0.05, 0.1) is 19.9 Å². The first-order chi connectivity index (χ1) is 11.7. The average Bonchev–Trinajstić information content (AvgIpc) is 3.13. The van der Waals surface area contributed by atoms with Crippen LogP contribution in [0.5, 0.6) is 5.88 Å². The summed E-state index contributed by atoms with van der Waals surface area (Å²) < 4.78 is 10.5. The highest BCUT2D eigenvalue weighted by molar-refractivity contribution is 5.74. The van der Waals surface area contributed by atoms with Gasteiger partial charge in [-0.3, -0.25) is 4.90 Å². The topological polar surface area (TPSA) is 70.8 Å². The van der Waals surface area contributed by atoms with Crippen molar-refractivity contribution in [2.75, 3.05) is 33.3 Å². The Morgan fingerprint density at radius 2 is 2.17 bits per heavy atom. The van der Waals surface area contributed by atoms with Gasteiger partial charge in [-0.1, -0.05) is 0 Å². The lowest BCUT2D eigenvalue weighted by Crippen LogP contribution is -2.51. The van der Waals surface area contributed by atoms with E-state index >= 15 is 0 Å². The molecular weight excluding hydrogens is 308 g/mol. The molecule has 2 amide bonds. The van der Waals surface area contributed by atoms with Crippen LogP contribution in [-0.4, -0.2) is 54.1 Å². The predicted octanol–water partition coefficient (Wildman–Crippen LogP) is 1.71. The summed E-state index contributed by atoms with van der Waals surface area (Å²) in [6.07, 6.45) is 3.36. The number of carbonyl (C=O) groups is 1. The largest absolute Gasteiger partial charge is 0.481 e. The zero-order valence-corrected chi connectivity index (χ0v) is 13.8. The normalized spacial score (nSPS) is 15.3. The summed E-state index contributed by atoms with van der Waals surface area (Å²) in [5.74, 6) is 1.51. The van der Waals surface area contributed by atoms with E-state index in [0.717, 1.165) is 31.0 Å². The zero-order valence-electron chi connectivity index (χ0n) is 13.8. The summed E-state index contributed by atoms with van der Waals surface area (Å²) in [6, 6.07) is 7.52. The lowest BCUT2D eigenvalue weighted by Gasteiger charge is -2.34. The van der Waals surface area contributed by atoms with Crippen molar-refractivity contribution >= 4 is 6.03 Å². The molecule has 0 radical (unpaired) electrons. The first kappa shape index (κ1) is 16.3. The second kappa shape index (κ2) is 7.83. The third-order valence-corrected chi connectivity index (χ3v) is 4.07. The van der Waals surface area contributed by atoms with Gasteiger partial charge >= 0.3 is 6.03 Å². The lowest BCUT2D eigenvalue weighted by atomic mass is 10.2. The van der Waals surface area contributed by atoms with Crippen LogP contribution >= 0.6 is 0 Å². The fraction of sp³-hybridized carbons (Fsp3) is 0.412. The maximum Gasteiger partial charge on any atom is 0.317 e. The molecule has 0 aromatic carbocycles. The molecule has 1 aliphatic heterocycles. The number of nitrogens with one attached hydrogen (secondary N) is 1. The number of piperazine rings is 1. The fourth-order valence-corrected chi connectivity index (χ4v) is 2.69. The van der Waals surface area contributed by atoms with Crippen LogP contribution in [0.2, 0.25) is 0 Å². The summed E-state index contributed by atoms with van der Waals surface area (Å²) in [5, 5.41) is 2.95. The molecule has 7 heteroatoms. The van der Waals surface area contributed by atoms with Gasteiger partial charge in [-0.05, 0) is 23.8 Å². The Morgan fingerprint density at radius 1 is 1.33 bits per heavy atom. The van der Waals surface area contributed by atoms with Crippen LogP contribution in [0, 0.1) is 0 Å². The second-order valence-corrected chi connectivity index (χ2v) is 5.71. The van der Waals surface area contributed by atoms with Crippen molar-refractivity contribution < 1.29 is 13.9 Å². The number of methoxy groups -OCH3 is 1. The number of rotatable bonds is 5. The highest BCUT2D eigenvalue weighted by Crippen LogP contribution is 2.10. The van der Waals surface area contributed by atoms with Crippen LogP contribution in [0.3, 0.4) is 0 Å². The number of hydrogen-bond acceptors (Lipinski definition) is 5. The summed E-state index contributed by atoms with van der Waals surface area (Å²) in [4.78, 5) is 20.5. The molecule has 3 heterocycles. The van der Waals surface area contributed by atoms with Crippen LogP contribution in [0.4, 0.5) is 4.79 Å². The number of urea groups is 1. The number of aromatic nitrogens is 1. The summed E-state index contributed by atoms with van der Waals surface area (Å²) >= 11 is 0. The van der Waals surface area contributed by atoms with E-state index in [1.165, 1.54) is 0 Å². The summed E-state index contributed by atoms with van der Waals surface area (Å²) in [7, 11) is 1.58. The standard InChI is InChI=1S/C17H22N4O3/c1-23-16-11-14(4-5-18-16)12-19-17(22)21-8-6-20(7-9-21)13-15-3-2-10-24-15/h2-5,10-11H,6-9,12-13H2,1H3,(H,19,22). The molecule has 0 spiro atoms. The van der Waals surface area contributed by atoms with E-state index in [1.807, 2.05) is 29.2 Å². The lowest BCUT2D eigenvalue weighted by molar-refractivity contribution is 0.130. The van der Waals surface area contributed by atoms with Gasteiger partial charge in [0.1, 0.15) is 5.76 Å². The first-order valence-electron chi connectivity index (χ1n) is 8.01. The number of nitrogens with zero attached hydrogens (tertiary/aromatic N) is 3. The van der Waals surface area contributed by atoms with E-state index < -0.39 is 0 Å². The second-order valence-electron chi connectivity index (χ2n) is 5.71. The van der Waals surface area contributed by atoms with Crippen LogP contribution < -0.4 is 10.1 Å². The molecule has 1 saturated heterocycles. The maximum atomic E-state index is 12.3. The molecule has 0 unspecified atom stereocenters. The molecule has 0 atom stereocenters. The van der Waals surface area contributed by atoms with E-state index in [4.69, 9.17) is 9.15 Å². The van der Waals surface area contributed by atoms with Gasteiger partial charge in [-0.15, -0.1) is 0 Å². The minimum Gasteiger partial charge on any atom is -0.481 e. The Hall–Kier alpha value is -2.54. The molecule has 0 bridgehead atoms. The number of pyridine rings is 1. The first-order valence-corrected chi connectivity index (χ1v) is 8.01. The van der Waals surface area contributed by atoms with Gasteiger partial charge in [0, 0.05) is 45.0 Å². The molecule has 1 aliphatic rings. The van der Waals surface area contributed by atoms with E-state index in [2.05, 4.69) is 15.2 Å². The Bertz CT molecular complexity index is 652. The predicted molar refractivity (Wildman–Crippen MR) is 88.6 cm³/mol. The highest BCUT2D eigenvalue weighted by atomic mass is 16.5. The van der Waals surface area contributed by atoms with Crippen molar-refractivity contribution in [3.63, 3.8) is 0 Å². The molecule has 128 valence electrons. The summed E-state index contributed by atoms with van der Waals surface area (Å²) in [6.45, 7) is 4.37. The van der Waals surface area contributed by atoms with Crippen molar-refractivity contribution in [1.29, 1.82) is 0 Å². The van der Waals surface area contributed by atoms with E-state index in [1.54, 1.807) is 19.6 Å². The number of ether oxygens (including phenoxy) is 1. The van der Waals surface area contributed by atoms with Crippen LogP contribution in [0.25, 0.3) is 0 Å². The van der Waals surface area contributed by atoms with Crippen LogP contribution in [0.15, 0.2) is 41.1 Å². The third kappa shape index (κ3) is 4.26. The van der Waals surface area contributed by atoms with Crippen molar-refractivity contribution in [1.82, 2.24) is 20.1 Å². The van der Waals surface area contributed by atoms with Crippen LogP contribution in [-0.2, 0) is 13.1 Å². The SMILES string of the molecule is COc1cc(CNC(=O)N2CCN(Cc3ccco3)CC2)ccn1. The Kier molecular flexibility index (Phi) is 5.32. The van der Waals surface area contributed by atoms with Crippen LogP contribution in [0.1, 0.15) is 11.3 Å². The minimum absolute atomic E-state index is 0.0385. The highest BCUT2D eigenvalue weighted by Gasteiger charge is 2.21. The number of carbonyl (C=O) groups excluding carboxylic acids is 1. The van der Waals surface area contributed by atoms with E-state index in [0.29, 0.717) is 25.5 Å². The fourth-order valence-electron chi connectivity index (χ4n) is 2.69. The van der Waals surface area contributed by atoms with Crippen molar-refractivity contribution in [2.24, 2.45) is 0 Å². The van der Waals surface area contributed by atoms with Crippen molar-refractivity contribution in [3.05, 3.63) is 48.0 Å². The quantitative estimate of drug-likeness (QED) is 0.904. The van der Waals surface area contributed by atoms with Gasteiger partial charge in [0.2, 0.25) is 5.88 Å². The Balaban J connectivity index is 1.43. The van der Waals surface area contributed by atoms with Gasteiger partial charge in [0.15, 0.2) is 0 Å². The molecular formula is C17H22N4O3. The molecule has 24 heavy (non-hydrogen) atoms.